The first kappa shape index (κ1) is 10.5. The normalized spacial score (nSPS) is 32.3. The van der Waals surface area contributed by atoms with Gasteiger partial charge < -0.3 is 10.4 Å². The van der Waals surface area contributed by atoms with Crippen LogP contribution in [-0.4, -0.2) is 5.11 Å². The second-order valence-electron chi connectivity index (χ2n) is 6.12. The average molecular weight is 241 g/mol. The minimum atomic E-state index is 0.346. The van der Waals surface area contributed by atoms with Gasteiger partial charge >= 0.3 is 0 Å². The first-order valence-corrected chi connectivity index (χ1v) is 7.04. The van der Waals surface area contributed by atoms with Crippen LogP contribution in [0.25, 0.3) is 0 Å². The Morgan fingerprint density at radius 3 is 2.44 bits per heavy atom. The zero-order chi connectivity index (χ0) is 12.1. The Hall–Kier alpha value is -1.44. The monoisotopic (exact) mass is 241 g/mol. The maximum atomic E-state index is 9.27. The summed E-state index contributed by atoms with van der Waals surface area (Å²) >= 11 is 0. The highest BCUT2D eigenvalue weighted by Crippen LogP contribution is 2.58. The maximum absolute atomic E-state index is 9.27. The first-order chi connectivity index (χ1) is 8.79. The van der Waals surface area contributed by atoms with Gasteiger partial charge in [0, 0.05) is 12.2 Å². The summed E-state index contributed by atoms with van der Waals surface area (Å²) in [7, 11) is 0. The van der Waals surface area contributed by atoms with Crippen molar-refractivity contribution in [2.75, 3.05) is 0 Å². The number of fused-ring (bicyclic) bond motifs is 1. The lowest BCUT2D eigenvalue weighted by molar-refractivity contribution is 0.118. The largest absolute Gasteiger partial charge is 0.508 e. The lowest BCUT2D eigenvalue weighted by Gasteiger charge is -2.53. The van der Waals surface area contributed by atoms with E-state index >= 15 is 0 Å². The molecular weight excluding hydrogens is 222 g/mol. The van der Waals surface area contributed by atoms with E-state index in [1.807, 2.05) is 12.1 Å². The fraction of sp³-hybridized carbons (Fsp3) is 0.500. The average Bonchev–Trinajstić information content (AvgIpc) is 2.37. The quantitative estimate of drug-likeness (QED) is 0.851. The summed E-state index contributed by atoms with van der Waals surface area (Å²) in [5.74, 6) is 3.14. The number of aromatic hydroxyl groups is 1. The second kappa shape index (κ2) is 3.78. The molecule has 5 aliphatic carbocycles. The molecule has 0 saturated heterocycles. The predicted octanol–water partition coefficient (Wildman–Crippen LogP) is 3.19. The van der Waals surface area contributed by atoms with Crippen molar-refractivity contribution >= 4 is 0 Å². The zero-order valence-corrected chi connectivity index (χ0v) is 10.5. The molecule has 18 heavy (non-hydrogen) atoms. The number of allylic oxidation sites excluding steroid dienone is 2. The number of phenolic OH excluding ortho intramolecular Hbond substituents is 1. The van der Waals surface area contributed by atoms with E-state index in [2.05, 4.69) is 5.32 Å². The highest BCUT2D eigenvalue weighted by atomic mass is 16.3. The van der Waals surface area contributed by atoms with Gasteiger partial charge in [0.25, 0.3) is 0 Å². The molecule has 2 unspecified atom stereocenters. The molecule has 0 amide bonds. The van der Waals surface area contributed by atoms with Crippen molar-refractivity contribution < 1.29 is 5.11 Å². The molecule has 0 spiro atoms. The van der Waals surface area contributed by atoms with Gasteiger partial charge in [-0.1, -0.05) is 12.1 Å². The Balaban J connectivity index is 1.48. The van der Waals surface area contributed by atoms with Gasteiger partial charge in [-0.05, 0) is 66.7 Å². The van der Waals surface area contributed by atoms with Crippen LogP contribution < -0.4 is 5.32 Å². The molecule has 94 valence electrons. The van der Waals surface area contributed by atoms with Crippen molar-refractivity contribution in [1.82, 2.24) is 5.32 Å². The van der Waals surface area contributed by atoms with E-state index in [4.69, 9.17) is 0 Å². The van der Waals surface area contributed by atoms with E-state index in [0.29, 0.717) is 5.75 Å². The molecular formula is C16H19NO. The molecule has 0 radical (unpaired) electrons. The molecule has 0 aliphatic heterocycles. The van der Waals surface area contributed by atoms with Gasteiger partial charge in [-0.3, -0.25) is 0 Å². The molecule has 3 saturated carbocycles. The van der Waals surface area contributed by atoms with E-state index in [0.717, 1.165) is 24.3 Å². The lowest BCUT2D eigenvalue weighted by atomic mass is 9.53. The van der Waals surface area contributed by atoms with Gasteiger partial charge in [-0.2, -0.15) is 0 Å². The van der Waals surface area contributed by atoms with Gasteiger partial charge in [-0.15, -0.1) is 0 Å². The van der Waals surface area contributed by atoms with Gasteiger partial charge in [0.2, 0.25) is 0 Å². The van der Waals surface area contributed by atoms with Crippen LogP contribution in [0.2, 0.25) is 0 Å². The molecule has 2 atom stereocenters. The molecule has 2 heteroatoms. The van der Waals surface area contributed by atoms with Crippen LogP contribution in [0.1, 0.15) is 31.2 Å². The molecule has 2 N–H and O–H groups in total. The fourth-order valence-electron chi connectivity index (χ4n) is 4.18. The number of hydrogen-bond acceptors (Lipinski definition) is 2. The van der Waals surface area contributed by atoms with Crippen LogP contribution in [0.3, 0.4) is 0 Å². The van der Waals surface area contributed by atoms with Crippen molar-refractivity contribution in [3.63, 3.8) is 0 Å². The second-order valence-corrected chi connectivity index (χ2v) is 6.12. The third-order valence-corrected chi connectivity index (χ3v) is 4.97. The number of nitrogens with one attached hydrogen (secondary N) is 1. The highest BCUT2D eigenvalue weighted by molar-refractivity contribution is 5.34. The summed E-state index contributed by atoms with van der Waals surface area (Å²) in [6, 6.07) is 7.52. The van der Waals surface area contributed by atoms with Crippen LogP contribution in [0.15, 0.2) is 35.5 Å². The van der Waals surface area contributed by atoms with E-state index in [-0.39, 0.29) is 0 Å². The van der Waals surface area contributed by atoms with Crippen molar-refractivity contribution in [2.24, 2.45) is 17.8 Å². The Morgan fingerprint density at radius 2 is 1.78 bits per heavy atom. The molecule has 0 heterocycles. The third kappa shape index (κ3) is 1.55. The van der Waals surface area contributed by atoms with Crippen LogP contribution in [0.4, 0.5) is 0 Å². The third-order valence-electron chi connectivity index (χ3n) is 4.97. The van der Waals surface area contributed by atoms with E-state index in [1.54, 1.807) is 23.4 Å². The zero-order valence-electron chi connectivity index (χ0n) is 10.5. The predicted molar refractivity (Wildman–Crippen MR) is 70.9 cm³/mol. The van der Waals surface area contributed by atoms with Crippen molar-refractivity contribution in [2.45, 2.75) is 32.2 Å². The SMILES string of the molecule is Oc1ccc(CNC2=C3C4CC(C2)CC3C4)cc1. The number of rotatable bonds is 3. The number of phenols is 1. The Morgan fingerprint density at radius 1 is 1.06 bits per heavy atom. The first-order valence-electron chi connectivity index (χ1n) is 7.04. The highest BCUT2D eigenvalue weighted by Gasteiger charge is 2.48. The molecule has 5 aliphatic rings. The molecule has 0 aromatic heterocycles. The summed E-state index contributed by atoms with van der Waals surface area (Å²) in [4.78, 5) is 0. The summed E-state index contributed by atoms with van der Waals surface area (Å²) in [5, 5.41) is 12.9. The van der Waals surface area contributed by atoms with E-state index < -0.39 is 0 Å². The van der Waals surface area contributed by atoms with Crippen LogP contribution in [-0.2, 0) is 6.54 Å². The van der Waals surface area contributed by atoms with Gasteiger partial charge in [0.1, 0.15) is 5.75 Å². The maximum Gasteiger partial charge on any atom is 0.115 e. The van der Waals surface area contributed by atoms with Crippen molar-refractivity contribution in [1.29, 1.82) is 0 Å². The molecule has 1 aromatic rings. The Bertz CT molecular complexity index is 488. The minimum absolute atomic E-state index is 0.346. The molecule has 6 rings (SSSR count). The molecule has 3 fully saturated rings. The standard InChI is InChI=1S/C16H19NO/c18-14-3-1-10(2-4-14)9-17-15-7-11-5-12-8-13(6-11)16(12)15/h1-4,11-13,17-18H,5-9H2. The van der Waals surface area contributed by atoms with Crippen LogP contribution >= 0.6 is 0 Å². The summed E-state index contributed by atoms with van der Waals surface area (Å²) in [5.41, 5.74) is 4.55. The number of hydrogen-bond donors (Lipinski definition) is 2. The van der Waals surface area contributed by atoms with Gasteiger partial charge in [-0.25, -0.2) is 0 Å². The molecule has 4 bridgehead atoms. The van der Waals surface area contributed by atoms with E-state index in [1.165, 1.54) is 31.2 Å². The summed E-state index contributed by atoms with van der Waals surface area (Å²) in [6.07, 6.45) is 5.64. The fourth-order valence-corrected chi connectivity index (χ4v) is 4.18. The minimum Gasteiger partial charge on any atom is -0.508 e. The topological polar surface area (TPSA) is 32.3 Å². The lowest BCUT2D eigenvalue weighted by Crippen LogP contribution is -2.44. The van der Waals surface area contributed by atoms with Gasteiger partial charge in [0.15, 0.2) is 0 Å². The molecule has 1 aromatic carbocycles. The summed E-state index contributed by atoms with van der Waals surface area (Å²) in [6.45, 7) is 0.894. The van der Waals surface area contributed by atoms with Crippen LogP contribution in [0, 0.1) is 17.8 Å². The summed E-state index contributed by atoms with van der Waals surface area (Å²) < 4.78 is 0. The van der Waals surface area contributed by atoms with Crippen molar-refractivity contribution in [3.05, 3.63) is 41.1 Å². The molecule has 2 nitrogen and oxygen atoms in total. The smallest absolute Gasteiger partial charge is 0.115 e. The Labute approximate surface area is 108 Å². The number of benzene rings is 1. The van der Waals surface area contributed by atoms with Crippen molar-refractivity contribution in [3.8, 4) is 5.75 Å². The van der Waals surface area contributed by atoms with Crippen LogP contribution in [0.5, 0.6) is 5.75 Å². The Kier molecular flexibility index (Phi) is 2.20. The van der Waals surface area contributed by atoms with E-state index in [9.17, 15) is 5.11 Å². The van der Waals surface area contributed by atoms with Gasteiger partial charge in [0.05, 0.1) is 0 Å².